The van der Waals surface area contributed by atoms with E-state index in [4.69, 9.17) is 14.6 Å². The van der Waals surface area contributed by atoms with Gasteiger partial charge in [0.1, 0.15) is 12.2 Å². The smallest absolute Gasteiger partial charge is 0.456 e. The molecule has 144 valence electrons. The standard InChI is InChI=1S/C17H19F3O6/c1-16(6-2-3-7-16)26-13-10-11(4-5-12(13)18)14(21)24-8-9-25-17(19,20)15(22)23/h4-5,10H,2-3,6-9H2,1H3,(H,22,23). The van der Waals surface area contributed by atoms with E-state index in [0.717, 1.165) is 31.7 Å². The average molecular weight is 376 g/mol. The minimum Gasteiger partial charge on any atom is -0.484 e. The Labute approximate surface area is 147 Å². The summed E-state index contributed by atoms with van der Waals surface area (Å²) in [4.78, 5) is 22.1. The van der Waals surface area contributed by atoms with Crippen molar-refractivity contribution in [3.63, 3.8) is 0 Å². The minimum atomic E-state index is -4.36. The normalized spacial score (nSPS) is 16.3. The van der Waals surface area contributed by atoms with E-state index in [1.54, 1.807) is 0 Å². The quantitative estimate of drug-likeness (QED) is 0.553. The summed E-state index contributed by atoms with van der Waals surface area (Å²) in [5, 5.41) is 8.19. The first-order valence-electron chi connectivity index (χ1n) is 8.04. The number of halogens is 3. The molecule has 0 heterocycles. The highest BCUT2D eigenvalue weighted by atomic mass is 19.3. The van der Waals surface area contributed by atoms with Crippen LogP contribution >= 0.6 is 0 Å². The van der Waals surface area contributed by atoms with Crippen LogP contribution in [-0.2, 0) is 14.3 Å². The van der Waals surface area contributed by atoms with E-state index >= 15 is 0 Å². The molecule has 9 heteroatoms. The number of hydrogen-bond acceptors (Lipinski definition) is 5. The number of carboxylic acids is 1. The minimum absolute atomic E-state index is 0.0204. The summed E-state index contributed by atoms with van der Waals surface area (Å²) in [7, 11) is 0. The molecule has 1 saturated carbocycles. The number of alkyl halides is 2. The van der Waals surface area contributed by atoms with E-state index in [-0.39, 0.29) is 11.3 Å². The summed E-state index contributed by atoms with van der Waals surface area (Å²) in [5.74, 6) is -4.05. The highest BCUT2D eigenvalue weighted by Crippen LogP contribution is 2.35. The Hall–Kier alpha value is -2.29. The number of carbonyl (C=O) groups is 2. The van der Waals surface area contributed by atoms with Crippen LogP contribution in [0, 0.1) is 5.82 Å². The summed E-state index contributed by atoms with van der Waals surface area (Å²) >= 11 is 0. The second kappa shape index (κ2) is 7.94. The van der Waals surface area contributed by atoms with Gasteiger partial charge in [0.05, 0.1) is 12.2 Å². The third-order valence-electron chi connectivity index (χ3n) is 4.03. The Bertz CT molecular complexity index is 670. The number of esters is 1. The molecule has 6 nitrogen and oxygen atoms in total. The lowest BCUT2D eigenvalue weighted by atomic mass is 10.1. The van der Waals surface area contributed by atoms with E-state index in [1.807, 2.05) is 6.92 Å². The van der Waals surface area contributed by atoms with Gasteiger partial charge in [-0.05, 0) is 50.8 Å². The molecule has 1 fully saturated rings. The van der Waals surface area contributed by atoms with Gasteiger partial charge in [0.2, 0.25) is 0 Å². The van der Waals surface area contributed by atoms with Crippen molar-refractivity contribution in [2.24, 2.45) is 0 Å². The monoisotopic (exact) mass is 376 g/mol. The summed E-state index contributed by atoms with van der Waals surface area (Å²) in [6, 6.07) is 3.42. The van der Waals surface area contributed by atoms with Gasteiger partial charge in [0.25, 0.3) is 0 Å². The summed E-state index contributed by atoms with van der Waals surface area (Å²) in [6.07, 6.45) is -0.867. The van der Waals surface area contributed by atoms with Crippen LogP contribution in [0.5, 0.6) is 5.75 Å². The van der Waals surface area contributed by atoms with Gasteiger partial charge >= 0.3 is 18.0 Å². The molecule has 0 bridgehead atoms. The van der Waals surface area contributed by atoms with Gasteiger partial charge in [-0.3, -0.25) is 0 Å². The van der Waals surface area contributed by atoms with E-state index < -0.39 is 42.7 Å². The third-order valence-corrected chi connectivity index (χ3v) is 4.03. The van der Waals surface area contributed by atoms with E-state index in [0.29, 0.717) is 0 Å². The molecule has 0 aromatic heterocycles. The summed E-state index contributed by atoms with van der Waals surface area (Å²) in [6.45, 7) is 0.463. The molecule has 0 radical (unpaired) electrons. The molecule has 1 aromatic rings. The number of aliphatic carboxylic acids is 1. The maximum Gasteiger partial charge on any atom is 0.456 e. The summed E-state index contributed by atoms with van der Waals surface area (Å²) in [5.41, 5.74) is -0.521. The first kappa shape index (κ1) is 20.0. The topological polar surface area (TPSA) is 82.1 Å². The number of hydrogen-bond donors (Lipinski definition) is 1. The molecular weight excluding hydrogens is 357 g/mol. The number of benzene rings is 1. The largest absolute Gasteiger partial charge is 0.484 e. The fourth-order valence-corrected chi connectivity index (χ4v) is 2.65. The van der Waals surface area contributed by atoms with Crippen LogP contribution in [0.25, 0.3) is 0 Å². The SMILES string of the molecule is CC1(Oc2cc(C(=O)OCCOC(F)(F)C(=O)O)ccc2F)CCCC1. The van der Waals surface area contributed by atoms with Crippen LogP contribution in [0.3, 0.4) is 0 Å². The number of rotatable bonds is 8. The lowest BCUT2D eigenvalue weighted by Gasteiger charge is -2.26. The maximum absolute atomic E-state index is 13.9. The van der Waals surface area contributed by atoms with Crippen molar-refractivity contribution in [1.29, 1.82) is 0 Å². The Morgan fingerprint density at radius 2 is 1.88 bits per heavy atom. The van der Waals surface area contributed by atoms with Gasteiger partial charge in [-0.15, -0.1) is 0 Å². The molecule has 1 aliphatic carbocycles. The zero-order chi connectivity index (χ0) is 19.4. The first-order chi connectivity index (χ1) is 12.1. The fourth-order valence-electron chi connectivity index (χ4n) is 2.65. The van der Waals surface area contributed by atoms with Crippen molar-refractivity contribution < 1.29 is 42.1 Å². The molecule has 0 amide bonds. The molecule has 1 aliphatic rings. The van der Waals surface area contributed by atoms with Gasteiger partial charge in [0.15, 0.2) is 11.6 Å². The van der Waals surface area contributed by atoms with Gasteiger partial charge < -0.3 is 19.3 Å². The average Bonchev–Trinajstić information content (AvgIpc) is 2.99. The van der Waals surface area contributed by atoms with E-state index in [1.165, 1.54) is 12.1 Å². The van der Waals surface area contributed by atoms with Crippen molar-refractivity contribution >= 4 is 11.9 Å². The molecular formula is C17H19F3O6. The molecule has 1 aromatic carbocycles. The van der Waals surface area contributed by atoms with Crippen molar-refractivity contribution in [2.75, 3.05) is 13.2 Å². The van der Waals surface area contributed by atoms with Crippen molar-refractivity contribution in [2.45, 2.75) is 44.3 Å². The van der Waals surface area contributed by atoms with Crippen molar-refractivity contribution in [3.05, 3.63) is 29.6 Å². The molecule has 0 saturated heterocycles. The van der Waals surface area contributed by atoms with Crippen molar-refractivity contribution in [3.8, 4) is 5.75 Å². The second-order valence-electron chi connectivity index (χ2n) is 6.21. The second-order valence-corrected chi connectivity index (χ2v) is 6.21. The molecule has 0 unspecified atom stereocenters. The van der Waals surface area contributed by atoms with Crippen LogP contribution in [0.1, 0.15) is 43.0 Å². The first-order valence-corrected chi connectivity index (χ1v) is 8.04. The number of carboxylic acid groups (broad SMARTS) is 1. The van der Waals surface area contributed by atoms with E-state index in [9.17, 15) is 22.8 Å². The van der Waals surface area contributed by atoms with E-state index in [2.05, 4.69) is 4.74 Å². The summed E-state index contributed by atoms with van der Waals surface area (Å²) < 4.78 is 53.6. The zero-order valence-electron chi connectivity index (χ0n) is 14.1. The van der Waals surface area contributed by atoms with Crippen LogP contribution in [-0.4, -0.2) is 42.0 Å². The lowest BCUT2D eigenvalue weighted by Crippen LogP contribution is -2.33. The highest BCUT2D eigenvalue weighted by Gasteiger charge is 2.40. The predicted octanol–water partition coefficient (Wildman–Crippen LogP) is 3.39. The molecule has 0 atom stereocenters. The Morgan fingerprint density at radius 3 is 2.50 bits per heavy atom. The number of carbonyl (C=O) groups excluding carboxylic acids is 1. The van der Waals surface area contributed by atoms with Crippen LogP contribution in [0.15, 0.2) is 18.2 Å². The van der Waals surface area contributed by atoms with Crippen molar-refractivity contribution in [1.82, 2.24) is 0 Å². The lowest BCUT2D eigenvalue weighted by molar-refractivity contribution is -0.247. The molecule has 0 spiro atoms. The van der Waals surface area contributed by atoms with Crippen LogP contribution in [0.4, 0.5) is 13.2 Å². The zero-order valence-corrected chi connectivity index (χ0v) is 14.1. The highest BCUT2D eigenvalue weighted by molar-refractivity contribution is 5.89. The Balaban J connectivity index is 1.92. The van der Waals surface area contributed by atoms with Crippen LogP contribution < -0.4 is 4.74 Å². The van der Waals surface area contributed by atoms with Gasteiger partial charge in [-0.1, -0.05) is 0 Å². The van der Waals surface area contributed by atoms with Gasteiger partial charge in [-0.25, -0.2) is 14.0 Å². The molecule has 0 aliphatic heterocycles. The number of ether oxygens (including phenoxy) is 3. The third kappa shape index (κ3) is 5.10. The van der Waals surface area contributed by atoms with Crippen LogP contribution in [0.2, 0.25) is 0 Å². The Morgan fingerprint density at radius 1 is 1.23 bits per heavy atom. The van der Waals surface area contributed by atoms with Gasteiger partial charge in [-0.2, -0.15) is 8.78 Å². The maximum atomic E-state index is 13.9. The predicted molar refractivity (Wildman–Crippen MR) is 82.7 cm³/mol. The molecule has 2 rings (SSSR count). The Kier molecular flexibility index (Phi) is 6.12. The fraction of sp³-hybridized carbons (Fsp3) is 0.529. The molecule has 26 heavy (non-hydrogen) atoms. The molecule has 1 N–H and O–H groups in total. The van der Waals surface area contributed by atoms with Gasteiger partial charge in [0, 0.05) is 0 Å².